The molecular formula is C11H16BrNO2S2. The van der Waals surface area contributed by atoms with Gasteiger partial charge in [-0.15, -0.1) is 0 Å². The van der Waals surface area contributed by atoms with Crippen LogP contribution in [-0.4, -0.2) is 32.7 Å². The summed E-state index contributed by atoms with van der Waals surface area (Å²) >= 11 is 4.97. The number of halogens is 1. The molecule has 0 heterocycles. The molecule has 0 bridgehead atoms. The summed E-state index contributed by atoms with van der Waals surface area (Å²) in [6.45, 7) is 0.510. The van der Waals surface area contributed by atoms with Crippen molar-refractivity contribution < 1.29 is 8.42 Å². The van der Waals surface area contributed by atoms with E-state index in [1.54, 1.807) is 11.8 Å². The zero-order valence-corrected chi connectivity index (χ0v) is 12.8. The summed E-state index contributed by atoms with van der Waals surface area (Å²) in [5.41, 5.74) is 6.84. The smallest absolute Gasteiger partial charge is 0.148 e. The summed E-state index contributed by atoms with van der Waals surface area (Å²) in [6.07, 6.45) is 1.25. The van der Waals surface area contributed by atoms with Gasteiger partial charge in [0.2, 0.25) is 0 Å². The van der Waals surface area contributed by atoms with Crippen molar-refractivity contribution in [3.05, 3.63) is 34.3 Å². The van der Waals surface area contributed by atoms with Gasteiger partial charge >= 0.3 is 0 Å². The van der Waals surface area contributed by atoms with Crippen LogP contribution in [0.1, 0.15) is 10.8 Å². The lowest BCUT2D eigenvalue weighted by Gasteiger charge is -2.14. The van der Waals surface area contributed by atoms with Crippen LogP contribution in [0.3, 0.4) is 0 Å². The number of nitrogens with two attached hydrogens (primary N) is 1. The van der Waals surface area contributed by atoms with E-state index < -0.39 is 9.84 Å². The van der Waals surface area contributed by atoms with Crippen molar-refractivity contribution in [3.8, 4) is 0 Å². The van der Waals surface area contributed by atoms with Crippen molar-refractivity contribution in [1.29, 1.82) is 0 Å². The van der Waals surface area contributed by atoms with Crippen molar-refractivity contribution >= 4 is 37.5 Å². The molecule has 1 unspecified atom stereocenters. The highest BCUT2D eigenvalue weighted by molar-refractivity contribution is 9.10. The van der Waals surface area contributed by atoms with Crippen LogP contribution in [0.5, 0.6) is 0 Å². The van der Waals surface area contributed by atoms with Crippen LogP contribution in [-0.2, 0) is 9.84 Å². The highest BCUT2D eigenvalue weighted by Crippen LogP contribution is 2.28. The molecule has 0 amide bonds. The van der Waals surface area contributed by atoms with Gasteiger partial charge < -0.3 is 5.73 Å². The van der Waals surface area contributed by atoms with Gasteiger partial charge in [0.25, 0.3) is 0 Å². The Bertz CT molecular complexity index is 445. The Hall–Kier alpha value is -0.0400. The first-order valence-corrected chi connectivity index (χ1v) is 9.07. The Balaban J connectivity index is 2.57. The Kier molecular flexibility index (Phi) is 5.99. The molecule has 1 rings (SSSR count). The third-order valence-electron chi connectivity index (χ3n) is 2.23. The molecule has 1 aromatic rings. The fraction of sp³-hybridized carbons (Fsp3) is 0.455. The van der Waals surface area contributed by atoms with Crippen molar-refractivity contribution in [2.24, 2.45) is 5.73 Å². The Labute approximate surface area is 115 Å². The number of benzene rings is 1. The Morgan fingerprint density at radius 3 is 2.41 bits per heavy atom. The second-order valence-corrected chi connectivity index (χ2v) is 8.26. The van der Waals surface area contributed by atoms with Crippen LogP contribution in [0, 0.1) is 0 Å². The van der Waals surface area contributed by atoms with E-state index in [0.29, 0.717) is 12.3 Å². The zero-order chi connectivity index (χ0) is 12.9. The largest absolute Gasteiger partial charge is 0.329 e. The average molecular weight is 338 g/mol. The number of thioether (sulfide) groups is 1. The van der Waals surface area contributed by atoms with Gasteiger partial charge in [0, 0.05) is 28.3 Å². The van der Waals surface area contributed by atoms with E-state index >= 15 is 0 Å². The molecule has 0 aliphatic heterocycles. The van der Waals surface area contributed by atoms with Crippen molar-refractivity contribution in [2.45, 2.75) is 5.25 Å². The van der Waals surface area contributed by atoms with Gasteiger partial charge in [-0.25, -0.2) is 8.42 Å². The van der Waals surface area contributed by atoms with Crippen LogP contribution in [0.2, 0.25) is 0 Å². The topological polar surface area (TPSA) is 60.2 Å². The standard InChI is InChI=1S/C11H16BrNO2S2/c1-17(14,15)7-6-16-11(8-13)9-2-4-10(12)5-3-9/h2-5,11H,6-8,13H2,1H3. The fourth-order valence-corrected chi connectivity index (χ4v) is 3.95. The lowest BCUT2D eigenvalue weighted by atomic mass is 10.1. The summed E-state index contributed by atoms with van der Waals surface area (Å²) in [5.74, 6) is 0.779. The summed E-state index contributed by atoms with van der Waals surface area (Å²) in [7, 11) is -2.89. The first kappa shape index (κ1) is 15.0. The maximum Gasteiger partial charge on any atom is 0.148 e. The van der Waals surface area contributed by atoms with Crippen molar-refractivity contribution in [2.75, 3.05) is 24.3 Å². The molecule has 6 heteroatoms. The molecule has 0 saturated heterocycles. The number of hydrogen-bond acceptors (Lipinski definition) is 4. The van der Waals surface area contributed by atoms with E-state index in [9.17, 15) is 8.42 Å². The second kappa shape index (κ2) is 6.78. The zero-order valence-electron chi connectivity index (χ0n) is 9.60. The molecule has 0 radical (unpaired) electrons. The summed E-state index contributed by atoms with van der Waals surface area (Å²) in [4.78, 5) is 0. The molecule has 0 spiro atoms. The van der Waals surface area contributed by atoms with E-state index in [4.69, 9.17) is 5.73 Å². The van der Waals surface area contributed by atoms with Gasteiger partial charge in [0.05, 0.1) is 5.75 Å². The lowest BCUT2D eigenvalue weighted by Crippen LogP contribution is -2.12. The monoisotopic (exact) mass is 337 g/mol. The highest BCUT2D eigenvalue weighted by Gasteiger charge is 2.11. The SMILES string of the molecule is CS(=O)(=O)CCSC(CN)c1ccc(Br)cc1. The number of rotatable bonds is 6. The molecule has 96 valence electrons. The molecule has 0 aromatic heterocycles. The van der Waals surface area contributed by atoms with Crippen LogP contribution < -0.4 is 5.73 Å². The molecule has 0 aliphatic carbocycles. The van der Waals surface area contributed by atoms with Gasteiger partial charge in [0.1, 0.15) is 9.84 Å². The van der Waals surface area contributed by atoms with Crippen LogP contribution in [0.15, 0.2) is 28.7 Å². The third kappa shape index (κ3) is 5.90. The molecular weight excluding hydrogens is 322 g/mol. The van der Waals surface area contributed by atoms with E-state index in [2.05, 4.69) is 15.9 Å². The number of sulfone groups is 1. The molecule has 0 saturated carbocycles. The minimum absolute atomic E-state index is 0.157. The van der Waals surface area contributed by atoms with Gasteiger partial charge in [-0.1, -0.05) is 28.1 Å². The molecule has 0 aliphatic rings. The molecule has 17 heavy (non-hydrogen) atoms. The predicted molar refractivity (Wildman–Crippen MR) is 78.1 cm³/mol. The summed E-state index contributed by atoms with van der Waals surface area (Å²) in [5, 5.41) is 0.157. The van der Waals surface area contributed by atoms with E-state index in [1.807, 2.05) is 24.3 Å². The molecule has 3 nitrogen and oxygen atoms in total. The normalized spacial score (nSPS) is 13.6. The highest BCUT2D eigenvalue weighted by atomic mass is 79.9. The van der Waals surface area contributed by atoms with Crippen molar-refractivity contribution in [1.82, 2.24) is 0 Å². The van der Waals surface area contributed by atoms with Gasteiger partial charge in [0.15, 0.2) is 0 Å². The Morgan fingerprint density at radius 2 is 1.94 bits per heavy atom. The molecule has 1 aromatic carbocycles. The average Bonchev–Trinajstić information content (AvgIpc) is 2.24. The Morgan fingerprint density at radius 1 is 1.35 bits per heavy atom. The quantitative estimate of drug-likeness (QED) is 0.864. The summed E-state index contributed by atoms with van der Waals surface area (Å²) in [6, 6.07) is 7.95. The fourth-order valence-electron chi connectivity index (χ4n) is 1.32. The first-order chi connectivity index (χ1) is 7.92. The first-order valence-electron chi connectivity index (χ1n) is 5.17. The second-order valence-electron chi connectivity index (χ2n) is 3.78. The van der Waals surface area contributed by atoms with E-state index in [1.165, 1.54) is 6.26 Å². The third-order valence-corrected chi connectivity index (χ3v) is 5.27. The maximum absolute atomic E-state index is 11.0. The minimum Gasteiger partial charge on any atom is -0.329 e. The van der Waals surface area contributed by atoms with Gasteiger partial charge in [-0.05, 0) is 17.7 Å². The van der Waals surface area contributed by atoms with Gasteiger partial charge in [-0.3, -0.25) is 0 Å². The van der Waals surface area contributed by atoms with Crippen LogP contribution in [0.25, 0.3) is 0 Å². The minimum atomic E-state index is -2.89. The van der Waals surface area contributed by atoms with Crippen molar-refractivity contribution in [3.63, 3.8) is 0 Å². The molecule has 1 atom stereocenters. The lowest BCUT2D eigenvalue weighted by molar-refractivity contribution is 0.603. The van der Waals surface area contributed by atoms with Gasteiger partial charge in [-0.2, -0.15) is 11.8 Å². The predicted octanol–water partition coefficient (Wildman–Crippen LogP) is 2.23. The van der Waals surface area contributed by atoms with Crippen LogP contribution >= 0.6 is 27.7 Å². The maximum atomic E-state index is 11.0. The number of hydrogen-bond donors (Lipinski definition) is 1. The van der Waals surface area contributed by atoms with E-state index in [-0.39, 0.29) is 11.0 Å². The summed E-state index contributed by atoms with van der Waals surface area (Å²) < 4.78 is 23.1. The van der Waals surface area contributed by atoms with E-state index in [0.717, 1.165) is 10.0 Å². The molecule has 2 N–H and O–H groups in total. The molecule has 0 fully saturated rings. The van der Waals surface area contributed by atoms with Crippen LogP contribution in [0.4, 0.5) is 0 Å².